The van der Waals surface area contributed by atoms with E-state index >= 15 is 0 Å². The van der Waals surface area contributed by atoms with E-state index in [2.05, 4.69) is 53.4 Å². The van der Waals surface area contributed by atoms with Crippen molar-refractivity contribution < 1.29 is 0 Å². The molecule has 1 atom stereocenters. The highest BCUT2D eigenvalue weighted by molar-refractivity contribution is 7.18. The van der Waals surface area contributed by atoms with Crippen LogP contribution in [0.25, 0.3) is 10.2 Å². The predicted octanol–water partition coefficient (Wildman–Crippen LogP) is 4.60. The molecule has 0 saturated heterocycles. The summed E-state index contributed by atoms with van der Waals surface area (Å²) in [5.74, 6) is 1.28. The van der Waals surface area contributed by atoms with Gasteiger partial charge in [-0.05, 0) is 54.9 Å². The van der Waals surface area contributed by atoms with Crippen molar-refractivity contribution >= 4 is 27.2 Å². The van der Waals surface area contributed by atoms with Crippen molar-refractivity contribution in [2.24, 2.45) is 0 Å². The van der Waals surface area contributed by atoms with Gasteiger partial charge >= 0.3 is 0 Å². The third-order valence-corrected chi connectivity index (χ3v) is 6.36. The number of thiophene rings is 1. The van der Waals surface area contributed by atoms with Gasteiger partial charge in [-0.1, -0.05) is 26.0 Å². The number of aromatic nitrogens is 2. The first-order chi connectivity index (χ1) is 12.2. The van der Waals surface area contributed by atoms with E-state index in [4.69, 9.17) is 0 Å². The van der Waals surface area contributed by atoms with Crippen LogP contribution in [0.5, 0.6) is 0 Å². The van der Waals surface area contributed by atoms with Gasteiger partial charge in [0.25, 0.3) is 5.56 Å². The summed E-state index contributed by atoms with van der Waals surface area (Å²) < 4.78 is 0. The Bertz CT molecular complexity index is 955. The highest BCUT2D eigenvalue weighted by atomic mass is 32.1. The molecule has 0 fully saturated rings. The minimum absolute atomic E-state index is 0.00770. The summed E-state index contributed by atoms with van der Waals surface area (Å²) in [5.41, 5.74) is 3.64. The SMILES string of the molecule is CC[C@@H](C)c1ccc(NCc2nc3sc4c(c3c(=O)[nH]2)CCC4)cc1. The van der Waals surface area contributed by atoms with E-state index in [1.807, 2.05) is 0 Å². The standard InChI is InChI=1S/C20H23N3OS/c1-3-12(2)13-7-9-14(10-8-13)21-11-17-22-19(24)18-15-5-4-6-16(15)25-20(18)23-17/h7-10,12,21H,3-6,11H2,1-2H3,(H,22,23,24)/t12-/m1/s1. The van der Waals surface area contributed by atoms with Gasteiger partial charge in [-0.3, -0.25) is 4.79 Å². The van der Waals surface area contributed by atoms with Crippen LogP contribution < -0.4 is 10.9 Å². The molecule has 2 N–H and O–H groups in total. The van der Waals surface area contributed by atoms with Gasteiger partial charge in [0.05, 0.1) is 11.9 Å². The molecule has 4 nitrogen and oxygen atoms in total. The first-order valence-electron chi connectivity index (χ1n) is 9.03. The molecule has 0 unspecified atom stereocenters. The van der Waals surface area contributed by atoms with Crippen LogP contribution in [0.3, 0.4) is 0 Å². The van der Waals surface area contributed by atoms with Crippen molar-refractivity contribution in [3.63, 3.8) is 0 Å². The summed E-state index contributed by atoms with van der Waals surface area (Å²) in [6.45, 7) is 4.97. The van der Waals surface area contributed by atoms with Crippen molar-refractivity contribution in [1.82, 2.24) is 9.97 Å². The first kappa shape index (κ1) is 16.3. The molecule has 5 heteroatoms. The van der Waals surface area contributed by atoms with Crippen LogP contribution >= 0.6 is 11.3 Å². The minimum Gasteiger partial charge on any atom is -0.378 e. The number of aromatic amines is 1. The van der Waals surface area contributed by atoms with Gasteiger partial charge in [-0.25, -0.2) is 4.98 Å². The van der Waals surface area contributed by atoms with E-state index in [1.165, 1.54) is 16.0 Å². The highest BCUT2D eigenvalue weighted by Crippen LogP contribution is 2.34. The van der Waals surface area contributed by atoms with Crippen LogP contribution in [-0.4, -0.2) is 9.97 Å². The van der Waals surface area contributed by atoms with Gasteiger partial charge in [-0.15, -0.1) is 11.3 Å². The molecule has 0 aliphatic heterocycles. The number of benzene rings is 1. The molecule has 4 rings (SSSR count). The molecule has 1 aliphatic rings. The Morgan fingerprint density at radius 2 is 2.08 bits per heavy atom. The third-order valence-electron chi connectivity index (χ3n) is 5.18. The van der Waals surface area contributed by atoms with Gasteiger partial charge in [0.1, 0.15) is 10.7 Å². The van der Waals surface area contributed by atoms with E-state index in [1.54, 1.807) is 11.3 Å². The zero-order chi connectivity index (χ0) is 17.4. The van der Waals surface area contributed by atoms with Gasteiger partial charge in [-0.2, -0.15) is 0 Å². The van der Waals surface area contributed by atoms with Crippen molar-refractivity contribution in [3.8, 4) is 0 Å². The third kappa shape index (κ3) is 3.09. The molecule has 25 heavy (non-hydrogen) atoms. The molecule has 0 amide bonds. The minimum atomic E-state index is 0.00770. The van der Waals surface area contributed by atoms with E-state index in [-0.39, 0.29) is 5.56 Å². The lowest BCUT2D eigenvalue weighted by atomic mass is 9.99. The maximum absolute atomic E-state index is 12.5. The van der Waals surface area contributed by atoms with Crippen molar-refractivity contribution in [2.75, 3.05) is 5.32 Å². The van der Waals surface area contributed by atoms with E-state index in [0.717, 1.165) is 41.6 Å². The normalized spacial score (nSPS) is 14.6. The van der Waals surface area contributed by atoms with Crippen LogP contribution in [0.1, 0.15) is 54.4 Å². The number of hydrogen-bond acceptors (Lipinski definition) is 4. The number of fused-ring (bicyclic) bond motifs is 3. The van der Waals surface area contributed by atoms with Crippen molar-refractivity contribution in [3.05, 3.63) is 56.4 Å². The number of aryl methyl sites for hydroxylation is 2. The fourth-order valence-corrected chi connectivity index (χ4v) is 4.76. The predicted molar refractivity (Wildman–Crippen MR) is 105 cm³/mol. The molecule has 0 saturated carbocycles. The number of nitrogens with zero attached hydrogens (tertiary/aromatic N) is 1. The summed E-state index contributed by atoms with van der Waals surface area (Å²) in [4.78, 5) is 22.3. The van der Waals surface area contributed by atoms with Gasteiger partial charge < -0.3 is 10.3 Å². The van der Waals surface area contributed by atoms with E-state index in [9.17, 15) is 4.79 Å². The Balaban J connectivity index is 1.52. The summed E-state index contributed by atoms with van der Waals surface area (Å²) in [7, 11) is 0. The van der Waals surface area contributed by atoms with Crippen LogP contribution in [0.2, 0.25) is 0 Å². The molecule has 2 aromatic heterocycles. The Kier molecular flexibility index (Phi) is 4.34. The summed E-state index contributed by atoms with van der Waals surface area (Å²) >= 11 is 1.69. The molecular formula is C20H23N3OS. The van der Waals surface area contributed by atoms with Crippen LogP contribution in [0.4, 0.5) is 5.69 Å². The monoisotopic (exact) mass is 353 g/mol. The topological polar surface area (TPSA) is 57.8 Å². The second-order valence-electron chi connectivity index (χ2n) is 6.83. The van der Waals surface area contributed by atoms with Crippen LogP contribution in [0, 0.1) is 0 Å². The lowest BCUT2D eigenvalue weighted by Gasteiger charge is -2.11. The fraction of sp³-hybridized carbons (Fsp3) is 0.400. The number of hydrogen-bond donors (Lipinski definition) is 2. The number of H-pyrrole nitrogens is 1. The Hall–Kier alpha value is -2.14. The zero-order valence-corrected chi connectivity index (χ0v) is 15.5. The van der Waals surface area contributed by atoms with Crippen LogP contribution in [0.15, 0.2) is 29.1 Å². The molecule has 3 aromatic rings. The average Bonchev–Trinajstić information content (AvgIpc) is 3.20. The molecule has 0 spiro atoms. The van der Waals surface area contributed by atoms with Crippen molar-refractivity contribution in [1.29, 1.82) is 0 Å². The Morgan fingerprint density at radius 3 is 2.84 bits per heavy atom. The smallest absolute Gasteiger partial charge is 0.259 e. The summed E-state index contributed by atoms with van der Waals surface area (Å²) in [5, 5.41) is 4.18. The molecule has 0 radical (unpaired) electrons. The molecule has 1 aliphatic carbocycles. The molecular weight excluding hydrogens is 330 g/mol. The number of nitrogens with one attached hydrogen (secondary N) is 2. The zero-order valence-electron chi connectivity index (χ0n) is 14.7. The largest absolute Gasteiger partial charge is 0.378 e. The fourth-order valence-electron chi connectivity index (χ4n) is 3.48. The Labute approximate surface area is 151 Å². The van der Waals surface area contributed by atoms with Gasteiger partial charge in [0, 0.05) is 10.6 Å². The average molecular weight is 353 g/mol. The molecule has 2 heterocycles. The quantitative estimate of drug-likeness (QED) is 0.705. The highest BCUT2D eigenvalue weighted by Gasteiger charge is 2.20. The van der Waals surface area contributed by atoms with E-state index < -0.39 is 0 Å². The number of rotatable bonds is 5. The van der Waals surface area contributed by atoms with Gasteiger partial charge in [0.15, 0.2) is 0 Å². The second kappa shape index (κ2) is 6.64. The summed E-state index contributed by atoms with van der Waals surface area (Å²) in [6.07, 6.45) is 4.40. The maximum atomic E-state index is 12.5. The lowest BCUT2D eigenvalue weighted by molar-refractivity contribution is 0.733. The maximum Gasteiger partial charge on any atom is 0.259 e. The Morgan fingerprint density at radius 1 is 1.28 bits per heavy atom. The summed E-state index contributed by atoms with van der Waals surface area (Å²) in [6, 6.07) is 8.52. The number of anilines is 1. The van der Waals surface area contributed by atoms with Crippen LogP contribution in [-0.2, 0) is 19.4 Å². The molecule has 0 bridgehead atoms. The first-order valence-corrected chi connectivity index (χ1v) is 9.84. The van der Waals surface area contributed by atoms with Gasteiger partial charge in [0.2, 0.25) is 0 Å². The molecule has 1 aromatic carbocycles. The molecule has 130 valence electrons. The lowest BCUT2D eigenvalue weighted by Crippen LogP contribution is -2.14. The second-order valence-corrected chi connectivity index (χ2v) is 7.92. The van der Waals surface area contributed by atoms with Crippen molar-refractivity contribution in [2.45, 2.75) is 52.0 Å². The van der Waals surface area contributed by atoms with E-state index in [0.29, 0.717) is 18.3 Å².